The Labute approximate surface area is 63.1 Å². The van der Waals surface area contributed by atoms with Gasteiger partial charge in [0.1, 0.15) is 0 Å². The Kier molecular flexibility index (Phi) is 3.90. The molecule has 0 rings (SSSR count). The zero-order chi connectivity index (χ0) is 8.85. The van der Waals surface area contributed by atoms with Crippen LogP contribution in [0.2, 0.25) is 0 Å². The second kappa shape index (κ2) is 4.45. The molecule has 5 heteroatoms. The van der Waals surface area contributed by atoms with Crippen molar-refractivity contribution >= 4 is 11.9 Å². The van der Waals surface area contributed by atoms with Gasteiger partial charge in [-0.05, 0) is 6.92 Å². The van der Waals surface area contributed by atoms with Crippen LogP contribution in [0.25, 0.3) is 0 Å². The maximum Gasteiger partial charge on any atom is 0.368 e. The number of carboxylic acids is 1. The van der Waals surface area contributed by atoms with E-state index in [2.05, 4.69) is 16.4 Å². The van der Waals surface area contributed by atoms with Crippen LogP contribution in [0, 0.1) is 0 Å². The normalized spacial score (nSPS) is 8.82. The Hall–Kier alpha value is -1.36. The molecule has 1 N–H and O–H groups in total. The van der Waals surface area contributed by atoms with Crippen LogP contribution in [0.1, 0.15) is 6.92 Å². The fraction of sp³-hybridized carbons (Fsp3) is 0.333. The fourth-order valence-corrected chi connectivity index (χ4v) is 0.205. The van der Waals surface area contributed by atoms with Crippen LogP contribution in [0.3, 0.4) is 0 Å². The molecule has 0 heterocycles. The van der Waals surface area contributed by atoms with E-state index in [-0.39, 0.29) is 5.57 Å². The molecule has 0 fully saturated rings. The van der Waals surface area contributed by atoms with Crippen LogP contribution < -0.4 is 0 Å². The molecule has 62 valence electrons. The SMILES string of the molecule is C=C(C)C(=O)OOCC(=O)O. The molecule has 0 aliphatic carbocycles. The van der Waals surface area contributed by atoms with Gasteiger partial charge in [0.25, 0.3) is 0 Å². The lowest BCUT2D eigenvalue weighted by Crippen LogP contribution is -2.12. The predicted octanol–water partition coefficient (Wildman–Crippen LogP) is 0.122. The molecule has 0 aromatic rings. The minimum absolute atomic E-state index is 0.149. The highest BCUT2D eigenvalue weighted by molar-refractivity contribution is 5.86. The first-order valence-electron chi connectivity index (χ1n) is 2.75. The van der Waals surface area contributed by atoms with Crippen molar-refractivity contribution in [2.75, 3.05) is 6.61 Å². The molecule has 0 unspecified atom stereocenters. The Morgan fingerprint density at radius 3 is 2.45 bits per heavy atom. The number of carboxylic acid groups (broad SMARTS) is 1. The summed E-state index contributed by atoms with van der Waals surface area (Å²) in [7, 11) is 0. The van der Waals surface area contributed by atoms with Crippen molar-refractivity contribution in [3.8, 4) is 0 Å². The van der Waals surface area contributed by atoms with Gasteiger partial charge in [0.2, 0.25) is 0 Å². The molecule has 0 spiro atoms. The summed E-state index contributed by atoms with van der Waals surface area (Å²) in [5, 5.41) is 8.03. The summed E-state index contributed by atoms with van der Waals surface area (Å²) in [6, 6.07) is 0. The average Bonchev–Trinajstić information content (AvgIpc) is 1.86. The Balaban J connectivity index is 3.47. The molecule has 0 aromatic heterocycles. The smallest absolute Gasteiger partial charge is 0.368 e. The molecule has 11 heavy (non-hydrogen) atoms. The van der Waals surface area contributed by atoms with Crippen molar-refractivity contribution in [2.45, 2.75) is 6.92 Å². The molecule has 0 radical (unpaired) electrons. The zero-order valence-electron chi connectivity index (χ0n) is 5.99. The highest BCUT2D eigenvalue weighted by Gasteiger charge is 2.05. The Bertz CT molecular complexity index is 183. The van der Waals surface area contributed by atoms with Gasteiger partial charge in [-0.3, -0.25) is 4.89 Å². The van der Waals surface area contributed by atoms with E-state index in [0.29, 0.717) is 0 Å². The third kappa shape index (κ3) is 5.10. The predicted molar refractivity (Wildman–Crippen MR) is 34.5 cm³/mol. The summed E-state index contributed by atoms with van der Waals surface area (Å²) in [5.41, 5.74) is 0.149. The van der Waals surface area contributed by atoms with E-state index < -0.39 is 18.5 Å². The highest BCUT2D eigenvalue weighted by atomic mass is 17.2. The number of carbonyl (C=O) groups is 2. The number of hydrogen-bond donors (Lipinski definition) is 1. The second-order valence-electron chi connectivity index (χ2n) is 1.81. The summed E-state index contributed by atoms with van der Waals surface area (Å²) >= 11 is 0. The van der Waals surface area contributed by atoms with Crippen LogP contribution in [0.4, 0.5) is 0 Å². The minimum atomic E-state index is -1.21. The van der Waals surface area contributed by atoms with Crippen molar-refractivity contribution in [3.05, 3.63) is 12.2 Å². The van der Waals surface area contributed by atoms with Crippen LogP contribution in [0.15, 0.2) is 12.2 Å². The quantitative estimate of drug-likeness (QED) is 0.359. The molecular weight excluding hydrogens is 152 g/mol. The summed E-state index contributed by atoms with van der Waals surface area (Å²) in [6.07, 6.45) is 0. The number of hydrogen-bond acceptors (Lipinski definition) is 4. The lowest BCUT2D eigenvalue weighted by molar-refractivity contribution is -0.267. The van der Waals surface area contributed by atoms with E-state index in [9.17, 15) is 9.59 Å². The lowest BCUT2D eigenvalue weighted by Gasteiger charge is -1.98. The van der Waals surface area contributed by atoms with Crippen molar-refractivity contribution in [1.29, 1.82) is 0 Å². The van der Waals surface area contributed by atoms with E-state index in [1.807, 2.05) is 0 Å². The van der Waals surface area contributed by atoms with Gasteiger partial charge >= 0.3 is 11.9 Å². The maximum atomic E-state index is 10.5. The van der Waals surface area contributed by atoms with E-state index in [4.69, 9.17) is 5.11 Å². The Morgan fingerprint density at radius 1 is 1.55 bits per heavy atom. The fourth-order valence-electron chi connectivity index (χ4n) is 0.205. The van der Waals surface area contributed by atoms with Crippen LogP contribution in [-0.4, -0.2) is 23.7 Å². The molecule has 0 atom stereocenters. The topological polar surface area (TPSA) is 72.8 Å². The molecule has 0 aromatic carbocycles. The molecule has 0 saturated heterocycles. The van der Waals surface area contributed by atoms with Crippen LogP contribution in [-0.2, 0) is 19.4 Å². The van der Waals surface area contributed by atoms with Gasteiger partial charge in [-0.25, -0.2) is 9.59 Å². The molecule has 0 saturated carbocycles. The first kappa shape index (κ1) is 9.64. The summed E-state index contributed by atoms with van der Waals surface area (Å²) < 4.78 is 0. The first-order chi connectivity index (χ1) is 5.04. The summed E-state index contributed by atoms with van der Waals surface area (Å²) in [5.74, 6) is -1.98. The van der Waals surface area contributed by atoms with Gasteiger partial charge in [0, 0.05) is 5.57 Å². The monoisotopic (exact) mass is 160 g/mol. The van der Waals surface area contributed by atoms with E-state index in [1.54, 1.807) is 0 Å². The third-order valence-electron chi connectivity index (χ3n) is 0.665. The van der Waals surface area contributed by atoms with Gasteiger partial charge in [0.05, 0.1) is 0 Å². The van der Waals surface area contributed by atoms with E-state index >= 15 is 0 Å². The van der Waals surface area contributed by atoms with Crippen LogP contribution >= 0.6 is 0 Å². The van der Waals surface area contributed by atoms with E-state index in [1.165, 1.54) is 6.92 Å². The second-order valence-corrected chi connectivity index (χ2v) is 1.81. The van der Waals surface area contributed by atoms with Crippen molar-refractivity contribution in [3.63, 3.8) is 0 Å². The van der Waals surface area contributed by atoms with Gasteiger partial charge < -0.3 is 5.11 Å². The van der Waals surface area contributed by atoms with Gasteiger partial charge in [0.15, 0.2) is 6.61 Å². The van der Waals surface area contributed by atoms with Crippen molar-refractivity contribution in [2.24, 2.45) is 0 Å². The van der Waals surface area contributed by atoms with Crippen molar-refractivity contribution < 1.29 is 24.5 Å². The third-order valence-corrected chi connectivity index (χ3v) is 0.665. The van der Waals surface area contributed by atoms with Crippen molar-refractivity contribution in [1.82, 2.24) is 0 Å². The lowest BCUT2D eigenvalue weighted by atomic mass is 10.4. The summed E-state index contributed by atoms with van der Waals surface area (Å²) in [6.45, 7) is 4.01. The number of carbonyl (C=O) groups excluding carboxylic acids is 1. The largest absolute Gasteiger partial charge is 0.479 e. The molecule has 0 aliphatic rings. The molecule has 0 aliphatic heterocycles. The zero-order valence-corrected chi connectivity index (χ0v) is 5.99. The van der Waals surface area contributed by atoms with Gasteiger partial charge in [-0.2, -0.15) is 4.89 Å². The molecule has 5 nitrogen and oxygen atoms in total. The molecule has 0 bridgehead atoms. The van der Waals surface area contributed by atoms with Gasteiger partial charge in [-0.1, -0.05) is 6.58 Å². The molecule has 0 amide bonds. The Morgan fingerprint density at radius 2 is 2.09 bits per heavy atom. The summed E-state index contributed by atoms with van der Waals surface area (Å²) in [4.78, 5) is 28.3. The minimum Gasteiger partial charge on any atom is -0.479 e. The number of aliphatic carboxylic acids is 1. The first-order valence-corrected chi connectivity index (χ1v) is 2.75. The van der Waals surface area contributed by atoms with E-state index in [0.717, 1.165) is 0 Å². The standard InChI is InChI=1S/C6H8O5/c1-4(2)6(9)11-10-3-5(7)8/h1,3H2,2H3,(H,7,8). The number of rotatable bonds is 4. The molecular formula is C6H8O5. The van der Waals surface area contributed by atoms with Gasteiger partial charge in [-0.15, -0.1) is 0 Å². The maximum absolute atomic E-state index is 10.5. The highest BCUT2D eigenvalue weighted by Crippen LogP contribution is 1.91. The van der Waals surface area contributed by atoms with Crippen LogP contribution in [0.5, 0.6) is 0 Å². The average molecular weight is 160 g/mol.